The van der Waals surface area contributed by atoms with Crippen molar-refractivity contribution in [3.05, 3.63) is 64.2 Å². The summed E-state index contributed by atoms with van der Waals surface area (Å²) in [4.78, 5) is 12.2. The second-order valence-electron chi connectivity index (χ2n) is 6.16. The molecule has 0 radical (unpaired) electrons. The first-order valence-electron chi connectivity index (χ1n) is 7.78. The number of nitrogens with one attached hydrogen (secondary N) is 1. The van der Waals surface area contributed by atoms with E-state index in [-0.39, 0.29) is 17.9 Å². The third-order valence-corrected chi connectivity index (χ3v) is 4.43. The summed E-state index contributed by atoms with van der Waals surface area (Å²) in [7, 11) is 0. The number of amides is 1. The van der Waals surface area contributed by atoms with Gasteiger partial charge in [0.15, 0.2) is 0 Å². The second-order valence-corrected chi connectivity index (χ2v) is 6.16. The van der Waals surface area contributed by atoms with Gasteiger partial charge in [-0.05, 0) is 37.0 Å². The van der Waals surface area contributed by atoms with E-state index in [0.717, 1.165) is 34.4 Å². The Morgan fingerprint density at radius 3 is 2.64 bits per heavy atom. The first-order valence-corrected chi connectivity index (χ1v) is 7.78. The number of hydrogen-bond acceptors (Lipinski definition) is 2. The van der Waals surface area contributed by atoms with E-state index >= 15 is 0 Å². The van der Waals surface area contributed by atoms with Crippen LogP contribution in [-0.4, -0.2) is 5.91 Å². The van der Waals surface area contributed by atoms with Gasteiger partial charge in [-0.25, -0.2) is 0 Å². The van der Waals surface area contributed by atoms with Gasteiger partial charge in [0.05, 0.1) is 12.0 Å². The summed E-state index contributed by atoms with van der Waals surface area (Å²) in [6.07, 6.45) is 0.807. The van der Waals surface area contributed by atoms with Crippen LogP contribution in [0.5, 0.6) is 0 Å². The third-order valence-electron chi connectivity index (χ3n) is 4.43. The molecule has 0 spiro atoms. The quantitative estimate of drug-likeness (QED) is 0.904. The lowest BCUT2D eigenvalue weighted by atomic mass is 9.90. The fraction of sp³-hybridized carbons (Fsp3) is 0.316. The molecule has 2 aromatic rings. The number of aryl methyl sites for hydroxylation is 2. The minimum atomic E-state index is -0.232. The number of fused-ring (bicyclic) bond motifs is 1. The monoisotopic (exact) mass is 294 g/mol. The van der Waals surface area contributed by atoms with Crippen LogP contribution < -0.4 is 11.1 Å². The van der Waals surface area contributed by atoms with E-state index in [1.165, 1.54) is 5.56 Å². The zero-order valence-corrected chi connectivity index (χ0v) is 13.3. The molecule has 3 heteroatoms. The van der Waals surface area contributed by atoms with Crippen LogP contribution in [-0.2, 0) is 4.79 Å². The number of anilines is 1. The first-order chi connectivity index (χ1) is 10.5. The van der Waals surface area contributed by atoms with Gasteiger partial charge >= 0.3 is 0 Å². The minimum Gasteiger partial charge on any atom is -0.325 e. The van der Waals surface area contributed by atoms with Gasteiger partial charge in [-0.1, -0.05) is 54.4 Å². The number of hydrogen-bond donors (Lipinski definition) is 2. The van der Waals surface area contributed by atoms with Crippen LogP contribution >= 0.6 is 0 Å². The highest BCUT2D eigenvalue weighted by molar-refractivity contribution is 6.04. The molecule has 0 saturated heterocycles. The predicted molar refractivity (Wildman–Crippen MR) is 90.1 cm³/mol. The van der Waals surface area contributed by atoms with Crippen molar-refractivity contribution in [3.8, 4) is 0 Å². The Kier molecular flexibility index (Phi) is 3.75. The topological polar surface area (TPSA) is 55.1 Å². The van der Waals surface area contributed by atoms with Crippen LogP contribution in [0.3, 0.4) is 0 Å². The van der Waals surface area contributed by atoms with E-state index < -0.39 is 0 Å². The molecule has 2 atom stereocenters. The van der Waals surface area contributed by atoms with Crippen molar-refractivity contribution in [2.24, 2.45) is 5.73 Å². The van der Waals surface area contributed by atoms with Gasteiger partial charge in [0.1, 0.15) is 0 Å². The van der Waals surface area contributed by atoms with Gasteiger partial charge < -0.3 is 11.1 Å². The van der Waals surface area contributed by atoms with Gasteiger partial charge in [0, 0.05) is 5.69 Å². The summed E-state index contributed by atoms with van der Waals surface area (Å²) < 4.78 is 0. The van der Waals surface area contributed by atoms with Crippen molar-refractivity contribution in [2.75, 3.05) is 5.32 Å². The molecule has 1 heterocycles. The van der Waals surface area contributed by atoms with Crippen LogP contribution in [0.15, 0.2) is 36.4 Å². The summed E-state index contributed by atoms with van der Waals surface area (Å²) in [5.41, 5.74) is 12.9. The molecule has 114 valence electrons. The summed E-state index contributed by atoms with van der Waals surface area (Å²) in [5, 5.41) is 3.04. The lowest BCUT2D eigenvalue weighted by Crippen LogP contribution is -2.15. The molecular weight excluding hydrogens is 272 g/mol. The molecule has 0 fully saturated rings. The average molecular weight is 294 g/mol. The predicted octanol–water partition coefficient (Wildman–Crippen LogP) is 3.80. The zero-order chi connectivity index (χ0) is 15.9. The molecule has 0 bridgehead atoms. The molecule has 0 saturated carbocycles. The highest BCUT2D eigenvalue weighted by Gasteiger charge is 2.32. The molecule has 3 nitrogen and oxygen atoms in total. The molecule has 1 aliphatic rings. The Labute approximate surface area is 131 Å². The van der Waals surface area contributed by atoms with Crippen LogP contribution in [0.2, 0.25) is 0 Å². The highest BCUT2D eigenvalue weighted by atomic mass is 16.2. The van der Waals surface area contributed by atoms with E-state index in [9.17, 15) is 4.79 Å². The minimum absolute atomic E-state index is 0.0571. The molecule has 2 unspecified atom stereocenters. The number of carbonyl (C=O) groups is 1. The van der Waals surface area contributed by atoms with Crippen LogP contribution in [0.4, 0.5) is 5.69 Å². The van der Waals surface area contributed by atoms with Crippen LogP contribution in [0, 0.1) is 13.8 Å². The smallest absolute Gasteiger partial charge is 0.232 e. The molecule has 1 amide bonds. The maximum atomic E-state index is 12.2. The Hall–Kier alpha value is -2.13. The summed E-state index contributed by atoms with van der Waals surface area (Å²) in [6, 6.07) is 12.2. The first kappa shape index (κ1) is 14.8. The Balaban J connectivity index is 2.11. The molecule has 0 aromatic heterocycles. The SMILES string of the molecule is CCC1C(=O)Nc2c1cc(C)cc2C(N)c1cccc(C)c1. The van der Waals surface area contributed by atoms with Crippen molar-refractivity contribution in [3.63, 3.8) is 0 Å². The van der Waals surface area contributed by atoms with Gasteiger partial charge in [-0.2, -0.15) is 0 Å². The van der Waals surface area contributed by atoms with Crippen molar-refractivity contribution >= 4 is 11.6 Å². The Morgan fingerprint density at radius 2 is 1.95 bits per heavy atom. The molecule has 0 aliphatic carbocycles. The van der Waals surface area contributed by atoms with E-state index in [4.69, 9.17) is 5.73 Å². The lowest BCUT2D eigenvalue weighted by Gasteiger charge is -2.18. The normalized spacial score (nSPS) is 18.0. The van der Waals surface area contributed by atoms with Crippen LogP contribution in [0.25, 0.3) is 0 Å². The third kappa shape index (κ3) is 2.42. The molecule has 22 heavy (non-hydrogen) atoms. The Bertz CT molecular complexity index is 736. The van der Waals surface area contributed by atoms with Gasteiger partial charge in [0.2, 0.25) is 5.91 Å². The van der Waals surface area contributed by atoms with E-state index in [1.54, 1.807) is 0 Å². The van der Waals surface area contributed by atoms with Crippen LogP contribution in [0.1, 0.15) is 53.1 Å². The largest absolute Gasteiger partial charge is 0.325 e. The maximum absolute atomic E-state index is 12.2. The van der Waals surface area contributed by atoms with Crippen molar-refractivity contribution < 1.29 is 4.79 Å². The second kappa shape index (κ2) is 5.58. The fourth-order valence-electron chi connectivity index (χ4n) is 3.31. The Morgan fingerprint density at radius 1 is 1.18 bits per heavy atom. The van der Waals surface area contributed by atoms with Crippen molar-refractivity contribution in [1.29, 1.82) is 0 Å². The highest BCUT2D eigenvalue weighted by Crippen LogP contribution is 2.40. The number of nitrogens with two attached hydrogens (primary N) is 1. The molecule has 2 aromatic carbocycles. The van der Waals surface area contributed by atoms with E-state index in [1.807, 2.05) is 19.1 Å². The summed E-state index contributed by atoms with van der Waals surface area (Å²) in [6.45, 7) is 6.16. The van der Waals surface area contributed by atoms with Crippen molar-refractivity contribution in [1.82, 2.24) is 0 Å². The zero-order valence-electron chi connectivity index (χ0n) is 13.3. The molecular formula is C19H22N2O. The maximum Gasteiger partial charge on any atom is 0.232 e. The van der Waals surface area contributed by atoms with Gasteiger partial charge in [0.25, 0.3) is 0 Å². The van der Waals surface area contributed by atoms with Gasteiger partial charge in [-0.3, -0.25) is 4.79 Å². The summed E-state index contributed by atoms with van der Waals surface area (Å²) in [5.74, 6) is 0.0270. The van der Waals surface area contributed by atoms with E-state index in [0.29, 0.717) is 0 Å². The number of rotatable bonds is 3. The number of benzene rings is 2. The number of carbonyl (C=O) groups excluding carboxylic acids is 1. The fourth-order valence-corrected chi connectivity index (χ4v) is 3.31. The van der Waals surface area contributed by atoms with Gasteiger partial charge in [-0.15, -0.1) is 0 Å². The summed E-state index contributed by atoms with van der Waals surface area (Å²) >= 11 is 0. The average Bonchev–Trinajstić information content (AvgIpc) is 2.80. The van der Waals surface area contributed by atoms with E-state index in [2.05, 4.69) is 43.4 Å². The molecule has 3 N–H and O–H groups in total. The lowest BCUT2D eigenvalue weighted by molar-refractivity contribution is -0.117. The standard InChI is InChI=1S/C19H22N2O/c1-4-14-15-9-12(3)10-16(18(15)21-19(14)22)17(20)13-7-5-6-11(2)8-13/h5-10,14,17H,4,20H2,1-3H3,(H,21,22). The molecule has 1 aliphatic heterocycles. The molecule has 3 rings (SSSR count). The van der Waals surface area contributed by atoms with Crippen molar-refractivity contribution in [2.45, 2.75) is 39.2 Å².